The second-order valence-corrected chi connectivity index (χ2v) is 4.65. The van der Waals surface area contributed by atoms with Gasteiger partial charge in [-0.3, -0.25) is 4.68 Å². The molecular weight excluding hydrogens is 263 g/mol. The highest BCUT2D eigenvalue weighted by Gasteiger charge is 2.14. The maximum absolute atomic E-state index is 6.20. The summed E-state index contributed by atoms with van der Waals surface area (Å²) in [7, 11) is 0. The lowest BCUT2D eigenvalue weighted by Gasteiger charge is -2.09. The fraction of sp³-hybridized carbons (Fsp3) is 0.700. The fourth-order valence-electron chi connectivity index (χ4n) is 1.45. The summed E-state index contributed by atoms with van der Waals surface area (Å²) < 4.78 is 2.00. The van der Waals surface area contributed by atoms with Gasteiger partial charge in [0.1, 0.15) is 0 Å². The van der Waals surface area contributed by atoms with Crippen LogP contribution in [0.2, 0.25) is 5.02 Å². The lowest BCUT2D eigenvalue weighted by atomic mass is 10.1. The minimum Gasteiger partial charge on any atom is -0.268 e. The monoisotopic (exact) mass is 278 g/mol. The molecule has 1 atom stereocenters. The predicted molar refractivity (Wildman–Crippen MR) is 64.3 cm³/mol. The summed E-state index contributed by atoms with van der Waals surface area (Å²) in [6, 6.07) is 0. The largest absolute Gasteiger partial charge is 0.268 e. The molecule has 2 nitrogen and oxygen atoms in total. The second-order valence-electron chi connectivity index (χ2n) is 3.63. The zero-order valence-corrected chi connectivity index (χ0v) is 11.2. The molecule has 1 aromatic rings. The molecule has 0 saturated heterocycles. The van der Waals surface area contributed by atoms with Gasteiger partial charge in [0.25, 0.3) is 0 Å². The van der Waals surface area contributed by atoms with Crippen molar-refractivity contribution in [3.05, 3.63) is 16.4 Å². The average molecular weight is 280 g/mol. The molecule has 1 unspecified atom stereocenters. The van der Waals surface area contributed by atoms with Crippen molar-refractivity contribution in [2.45, 2.75) is 33.7 Å². The van der Waals surface area contributed by atoms with Gasteiger partial charge in [0.15, 0.2) is 0 Å². The van der Waals surface area contributed by atoms with E-state index in [4.69, 9.17) is 11.6 Å². The molecule has 0 aliphatic carbocycles. The third kappa shape index (κ3) is 2.51. The first-order chi connectivity index (χ1) is 6.60. The van der Waals surface area contributed by atoms with E-state index in [1.807, 2.05) is 11.6 Å². The van der Waals surface area contributed by atoms with Gasteiger partial charge in [0.2, 0.25) is 0 Å². The third-order valence-corrected chi connectivity index (χ3v) is 3.86. The maximum atomic E-state index is 6.20. The molecule has 0 N–H and O–H groups in total. The molecule has 0 aliphatic rings. The Bertz CT molecular complexity index is 309. The van der Waals surface area contributed by atoms with E-state index in [2.05, 4.69) is 34.9 Å². The molecule has 1 rings (SSSR count). The van der Waals surface area contributed by atoms with Crippen LogP contribution < -0.4 is 0 Å². The Hall–Kier alpha value is -0.0200. The minimum absolute atomic E-state index is 0.592. The van der Waals surface area contributed by atoms with Crippen LogP contribution in [-0.4, -0.2) is 15.1 Å². The first-order valence-electron chi connectivity index (χ1n) is 4.87. The number of hydrogen-bond acceptors (Lipinski definition) is 1. The smallest absolute Gasteiger partial charge is 0.0847 e. The zero-order valence-electron chi connectivity index (χ0n) is 8.85. The standard InChI is InChI=1S/C10H16BrClN2/c1-4-14-9(5-7(2)6-11)10(12)8(3)13-14/h7H,4-6H2,1-3H3. The summed E-state index contributed by atoms with van der Waals surface area (Å²) in [5.41, 5.74) is 2.10. The molecule has 80 valence electrons. The van der Waals surface area contributed by atoms with Crippen LogP contribution in [0.1, 0.15) is 25.2 Å². The van der Waals surface area contributed by atoms with Crippen LogP contribution in [0.25, 0.3) is 0 Å². The Balaban J connectivity index is 2.93. The number of halogens is 2. The number of aromatic nitrogens is 2. The number of alkyl halides is 1. The van der Waals surface area contributed by atoms with Gasteiger partial charge in [-0.15, -0.1) is 0 Å². The first-order valence-corrected chi connectivity index (χ1v) is 6.37. The molecule has 0 radical (unpaired) electrons. The highest BCUT2D eigenvalue weighted by Crippen LogP contribution is 2.23. The number of nitrogens with zero attached hydrogens (tertiary/aromatic N) is 2. The van der Waals surface area contributed by atoms with Gasteiger partial charge < -0.3 is 0 Å². The van der Waals surface area contributed by atoms with Gasteiger partial charge in [-0.05, 0) is 26.2 Å². The summed E-state index contributed by atoms with van der Waals surface area (Å²) >= 11 is 9.67. The molecule has 14 heavy (non-hydrogen) atoms. The van der Waals surface area contributed by atoms with E-state index < -0.39 is 0 Å². The van der Waals surface area contributed by atoms with Crippen LogP contribution in [0.15, 0.2) is 0 Å². The highest BCUT2D eigenvalue weighted by molar-refractivity contribution is 9.09. The highest BCUT2D eigenvalue weighted by atomic mass is 79.9. The lowest BCUT2D eigenvalue weighted by Crippen LogP contribution is -2.08. The van der Waals surface area contributed by atoms with Gasteiger partial charge in [-0.25, -0.2) is 0 Å². The van der Waals surface area contributed by atoms with Crippen molar-refractivity contribution in [1.82, 2.24) is 9.78 Å². The molecule has 0 amide bonds. The van der Waals surface area contributed by atoms with E-state index in [-0.39, 0.29) is 0 Å². The van der Waals surface area contributed by atoms with E-state index in [1.54, 1.807) is 0 Å². The van der Waals surface area contributed by atoms with E-state index in [1.165, 1.54) is 5.69 Å². The van der Waals surface area contributed by atoms with Gasteiger partial charge in [-0.2, -0.15) is 5.10 Å². The van der Waals surface area contributed by atoms with Crippen molar-refractivity contribution in [3.8, 4) is 0 Å². The molecule has 0 fully saturated rings. The fourth-order valence-corrected chi connectivity index (χ4v) is 1.89. The van der Waals surface area contributed by atoms with Crippen molar-refractivity contribution in [1.29, 1.82) is 0 Å². The van der Waals surface area contributed by atoms with Crippen molar-refractivity contribution in [2.24, 2.45) is 5.92 Å². The Kier molecular flexibility index (Phi) is 4.45. The summed E-state index contributed by atoms with van der Waals surface area (Å²) in [6.45, 7) is 7.13. The van der Waals surface area contributed by atoms with E-state index in [0.29, 0.717) is 5.92 Å². The SMILES string of the molecule is CCn1nc(C)c(Cl)c1CC(C)CBr. The van der Waals surface area contributed by atoms with E-state index in [9.17, 15) is 0 Å². The topological polar surface area (TPSA) is 17.8 Å². The third-order valence-electron chi connectivity index (χ3n) is 2.26. The molecule has 0 saturated carbocycles. The molecule has 1 heterocycles. The molecule has 0 aromatic carbocycles. The van der Waals surface area contributed by atoms with Crippen LogP contribution in [-0.2, 0) is 13.0 Å². The number of hydrogen-bond donors (Lipinski definition) is 0. The van der Waals surface area contributed by atoms with Crippen molar-refractivity contribution in [2.75, 3.05) is 5.33 Å². The molecule has 1 aromatic heterocycles. The summed E-state index contributed by atoms with van der Waals surface area (Å²) in [5, 5.41) is 6.22. The van der Waals surface area contributed by atoms with Crippen LogP contribution in [0.3, 0.4) is 0 Å². The normalized spacial score (nSPS) is 13.2. The maximum Gasteiger partial charge on any atom is 0.0847 e. The van der Waals surface area contributed by atoms with Gasteiger partial charge >= 0.3 is 0 Å². The molecule has 4 heteroatoms. The van der Waals surface area contributed by atoms with Crippen LogP contribution in [0.4, 0.5) is 0 Å². The second kappa shape index (κ2) is 5.17. The average Bonchev–Trinajstić information content (AvgIpc) is 2.45. The zero-order chi connectivity index (χ0) is 10.7. The van der Waals surface area contributed by atoms with Crippen molar-refractivity contribution in [3.63, 3.8) is 0 Å². The minimum atomic E-state index is 0.592. The lowest BCUT2D eigenvalue weighted by molar-refractivity contribution is 0.567. The molecule has 0 spiro atoms. The van der Waals surface area contributed by atoms with E-state index in [0.717, 1.165) is 29.0 Å². The van der Waals surface area contributed by atoms with Gasteiger partial charge in [0, 0.05) is 11.9 Å². The van der Waals surface area contributed by atoms with Crippen molar-refractivity contribution < 1.29 is 0 Å². The van der Waals surface area contributed by atoms with Crippen molar-refractivity contribution >= 4 is 27.5 Å². The first kappa shape index (κ1) is 12.1. The summed E-state index contributed by atoms with van der Waals surface area (Å²) in [4.78, 5) is 0. The quantitative estimate of drug-likeness (QED) is 0.772. The molecule has 0 bridgehead atoms. The van der Waals surface area contributed by atoms with Gasteiger partial charge in [-0.1, -0.05) is 34.5 Å². The van der Waals surface area contributed by atoms with Gasteiger partial charge in [0.05, 0.1) is 16.4 Å². The van der Waals surface area contributed by atoms with Crippen LogP contribution >= 0.6 is 27.5 Å². The summed E-state index contributed by atoms with van der Waals surface area (Å²) in [5.74, 6) is 0.592. The summed E-state index contributed by atoms with van der Waals surface area (Å²) in [6.07, 6.45) is 0.985. The Morgan fingerprint density at radius 2 is 2.21 bits per heavy atom. The van der Waals surface area contributed by atoms with Crippen LogP contribution in [0.5, 0.6) is 0 Å². The number of aryl methyl sites for hydroxylation is 2. The Morgan fingerprint density at radius 3 is 2.71 bits per heavy atom. The predicted octanol–water partition coefficient (Wildman–Crippen LogP) is 3.44. The molecular formula is C10H16BrClN2. The number of rotatable bonds is 4. The Labute approximate surface area is 98.8 Å². The van der Waals surface area contributed by atoms with E-state index >= 15 is 0 Å². The van der Waals surface area contributed by atoms with Crippen LogP contribution in [0, 0.1) is 12.8 Å². The Morgan fingerprint density at radius 1 is 1.57 bits per heavy atom. The molecule has 0 aliphatic heterocycles.